The SMILES string of the molecule is CC(C)(C)OC(=O)N1CCC(Nc2nc(Nc3ccc(N4CCN(CCO)CC4)cc3F)ncc2N)C1.CC(C)(C)OC(=O)N1CCC(Nc2nc(Nc3ccc(N4CCN(CCO)CC4)cc3F)ncc2[N+](=O)[O-])C1. The number of aromatic nitrogens is 4. The van der Waals surface area contributed by atoms with Gasteiger partial charge in [0, 0.05) is 115 Å². The molecular formula is C50H72F2N16O8. The van der Waals surface area contributed by atoms with Crippen LogP contribution >= 0.6 is 0 Å². The minimum absolute atomic E-state index is 0.00522. The van der Waals surface area contributed by atoms with Crippen LogP contribution < -0.4 is 36.8 Å². The second kappa shape index (κ2) is 25.1. The third-order valence-electron chi connectivity index (χ3n) is 12.9. The number of ether oxygens (including phenoxy) is 2. The molecule has 0 bridgehead atoms. The molecule has 76 heavy (non-hydrogen) atoms. The van der Waals surface area contributed by atoms with Crippen molar-refractivity contribution < 1.29 is 43.0 Å². The Kier molecular flexibility index (Phi) is 18.7. The molecule has 4 aromatic rings. The molecule has 414 valence electrons. The van der Waals surface area contributed by atoms with Crippen molar-refractivity contribution in [1.82, 2.24) is 39.5 Å². The maximum atomic E-state index is 15.0. The highest BCUT2D eigenvalue weighted by Gasteiger charge is 2.33. The number of halogens is 2. The lowest BCUT2D eigenvalue weighted by molar-refractivity contribution is -0.384. The molecule has 2 aromatic heterocycles. The first kappa shape index (κ1) is 56.6. The number of likely N-dealkylation sites (tertiary alicyclic amines) is 2. The number of aliphatic hydroxyl groups excluding tert-OH is 2. The number of benzene rings is 2. The van der Waals surface area contributed by atoms with Crippen molar-refractivity contribution in [3.8, 4) is 0 Å². The molecule has 0 saturated carbocycles. The molecule has 4 aliphatic heterocycles. The third kappa shape index (κ3) is 15.9. The number of anilines is 9. The summed E-state index contributed by atoms with van der Waals surface area (Å²) < 4.78 is 40.8. The Balaban J connectivity index is 0.000000221. The Morgan fingerprint density at radius 3 is 1.51 bits per heavy atom. The van der Waals surface area contributed by atoms with E-state index in [9.17, 15) is 28.5 Å². The summed E-state index contributed by atoms with van der Waals surface area (Å²) >= 11 is 0. The maximum Gasteiger partial charge on any atom is 0.410 e. The second-order valence-electron chi connectivity index (χ2n) is 21.0. The van der Waals surface area contributed by atoms with E-state index in [-0.39, 0.29) is 66.2 Å². The number of hydrogen-bond acceptors (Lipinski definition) is 21. The molecule has 2 aromatic carbocycles. The fourth-order valence-electron chi connectivity index (χ4n) is 8.96. The lowest BCUT2D eigenvalue weighted by Gasteiger charge is -2.35. The summed E-state index contributed by atoms with van der Waals surface area (Å²) in [7, 11) is 0. The number of nitrogens with one attached hydrogen (secondary N) is 4. The van der Waals surface area contributed by atoms with E-state index >= 15 is 0 Å². The maximum absolute atomic E-state index is 15.0. The fourth-order valence-corrected chi connectivity index (χ4v) is 8.96. The Morgan fingerprint density at radius 2 is 1.11 bits per heavy atom. The summed E-state index contributed by atoms with van der Waals surface area (Å²) in [4.78, 5) is 64.4. The zero-order chi connectivity index (χ0) is 54.7. The number of amides is 2. The Hall–Kier alpha value is -7.16. The predicted octanol–water partition coefficient (Wildman–Crippen LogP) is 5.28. The quantitative estimate of drug-likeness (QED) is 0.0589. The molecule has 26 heteroatoms. The van der Waals surface area contributed by atoms with E-state index in [2.05, 4.69) is 60.8 Å². The van der Waals surface area contributed by atoms with Crippen molar-refractivity contribution in [2.45, 2.75) is 77.7 Å². The van der Waals surface area contributed by atoms with Crippen molar-refractivity contribution in [3.63, 3.8) is 0 Å². The first-order valence-electron chi connectivity index (χ1n) is 25.6. The lowest BCUT2D eigenvalue weighted by atomic mass is 10.2. The summed E-state index contributed by atoms with van der Waals surface area (Å²) in [5, 5.41) is 41.9. The van der Waals surface area contributed by atoms with E-state index < -0.39 is 33.9 Å². The van der Waals surface area contributed by atoms with Crippen LogP contribution in [0.2, 0.25) is 0 Å². The number of rotatable bonds is 15. The van der Waals surface area contributed by atoms with Crippen LogP contribution in [0.15, 0.2) is 48.8 Å². The van der Waals surface area contributed by atoms with Crippen LogP contribution in [0.25, 0.3) is 0 Å². The number of nitro groups is 1. The van der Waals surface area contributed by atoms with Crippen LogP contribution in [0.4, 0.5) is 76.0 Å². The minimum Gasteiger partial charge on any atom is -0.444 e. The number of hydrogen-bond donors (Lipinski definition) is 7. The molecule has 8 N–H and O–H groups in total. The van der Waals surface area contributed by atoms with Crippen molar-refractivity contribution in [2.75, 3.05) is 142 Å². The van der Waals surface area contributed by atoms with Gasteiger partial charge in [-0.25, -0.2) is 28.3 Å². The van der Waals surface area contributed by atoms with Gasteiger partial charge in [0.1, 0.15) is 29.0 Å². The van der Waals surface area contributed by atoms with Gasteiger partial charge in [-0.2, -0.15) is 9.97 Å². The topological polar surface area (TPSA) is 281 Å². The first-order chi connectivity index (χ1) is 36.1. The van der Waals surface area contributed by atoms with Crippen LogP contribution in [-0.2, 0) is 9.47 Å². The molecule has 2 unspecified atom stereocenters. The highest BCUT2D eigenvalue weighted by atomic mass is 19.1. The van der Waals surface area contributed by atoms with E-state index in [0.717, 1.165) is 76.4 Å². The van der Waals surface area contributed by atoms with E-state index in [1.54, 1.807) is 48.8 Å². The molecule has 4 fully saturated rings. The monoisotopic (exact) mass is 1060 g/mol. The number of nitrogens with zero attached hydrogens (tertiary/aromatic N) is 11. The summed E-state index contributed by atoms with van der Waals surface area (Å²) in [5.41, 5.74) is 6.88. The van der Waals surface area contributed by atoms with E-state index in [4.69, 9.17) is 25.4 Å². The Morgan fingerprint density at radius 1 is 0.684 bits per heavy atom. The molecule has 4 aliphatic rings. The van der Waals surface area contributed by atoms with Crippen LogP contribution in [0, 0.1) is 21.7 Å². The van der Waals surface area contributed by atoms with Gasteiger partial charge in [-0.05, 0) is 90.8 Å². The molecular weight excluding hydrogens is 991 g/mol. The van der Waals surface area contributed by atoms with Crippen molar-refractivity contribution in [3.05, 3.63) is 70.5 Å². The molecule has 2 atom stereocenters. The van der Waals surface area contributed by atoms with E-state index in [0.29, 0.717) is 57.2 Å². The predicted molar refractivity (Wildman–Crippen MR) is 286 cm³/mol. The van der Waals surface area contributed by atoms with Crippen molar-refractivity contribution >= 4 is 69.8 Å². The lowest BCUT2D eigenvalue weighted by Crippen LogP contribution is -2.47. The standard InChI is InChI=1S/C25H35FN8O5.C25H37FN8O3/c1-25(2,3)39-24(36)33-7-6-17(16-33)28-22-21(34(37)38)15-27-23(30-22)29-20-5-4-18(14-19(20)26)32-10-8-31(9-11-32)12-13-35;1-25(2,3)37-24(36)34-7-6-17(16-34)29-22-20(27)15-28-23(31-22)30-21-5-4-18(14-19(21)26)33-10-8-32(9-11-33)12-13-35/h4-5,14-15,17,35H,6-13,16H2,1-3H3,(H2,27,28,29,30);4-5,14-15,17,35H,6-13,16,27H2,1-3H3,(H2,28,29,30,31). The van der Waals surface area contributed by atoms with E-state index in [1.165, 1.54) is 18.3 Å². The fraction of sp³-hybridized carbons (Fsp3) is 0.560. The van der Waals surface area contributed by atoms with Gasteiger partial charge in [0.25, 0.3) is 0 Å². The van der Waals surface area contributed by atoms with Gasteiger partial charge < -0.3 is 66.3 Å². The first-order valence-corrected chi connectivity index (χ1v) is 25.6. The number of nitrogens with two attached hydrogens (primary N) is 1. The van der Waals surface area contributed by atoms with Crippen LogP contribution in [0.3, 0.4) is 0 Å². The highest BCUT2D eigenvalue weighted by Crippen LogP contribution is 2.31. The summed E-state index contributed by atoms with van der Waals surface area (Å²) in [5.74, 6) is -0.311. The summed E-state index contributed by atoms with van der Waals surface area (Å²) in [6, 6.07) is 9.52. The molecule has 4 saturated heterocycles. The molecule has 8 rings (SSSR count). The average molecular weight is 1060 g/mol. The Bertz CT molecular complexity index is 2630. The molecule has 0 radical (unpaired) electrons. The normalized spacial score (nSPS) is 18.4. The molecule has 2 amide bonds. The number of piperazine rings is 2. The van der Waals surface area contributed by atoms with Crippen LogP contribution in [-0.4, -0.2) is 195 Å². The summed E-state index contributed by atoms with van der Waals surface area (Å²) in [6.07, 6.45) is 3.01. The van der Waals surface area contributed by atoms with Gasteiger partial charge in [0.05, 0.1) is 41.4 Å². The van der Waals surface area contributed by atoms with Crippen molar-refractivity contribution in [2.24, 2.45) is 0 Å². The second-order valence-corrected chi connectivity index (χ2v) is 21.0. The number of aliphatic hydroxyl groups is 2. The summed E-state index contributed by atoms with van der Waals surface area (Å²) in [6.45, 7) is 20.4. The molecule has 24 nitrogen and oxygen atoms in total. The van der Waals surface area contributed by atoms with Crippen molar-refractivity contribution in [1.29, 1.82) is 0 Å². The third-order valence-corrected chi connectivity index (χ3v) is 12.9. The zero-order valence-corrected chi connectivity index (χ0v) is 44.1. The van der Waals surface area contributed by atoms with Gasteiger partial charge >= 0.3 is 17.9 Å². The van der Waals surface area contributed by atoms with Gasteiger partial charge in [-0.1, -0.05) is 0 Å². The van der Waals surface area contributed by atoms with Gasteiger partial charge in [-0.3, -0.25) is 19.9 Å². The Labute approximate surface area is 441 Å². The number of carbonyl (C=O) groups is 2. The van der Waals surface area contributed by atoms with Gasteiger partial charge in [-0.15, -0.1) is 0 Å². The van der Waals surface area contributed by atoms with Crippen LogP contribution in [0.1, 0.15) is 54.4 Å². The average Bonchev–Trinajstić information content (AvgIpc) is 4.04. The van der Waals surface area contributed by atoms with E-state index in [1.807, 2.05) is 26.8 Å². The highest BCUT2D eigenvalue weighted by molar-refractivity contribution is 5.71. The number of β-amino-alcohol motifs (C(OH)–C–C–N with tert-alkyl or cyclic N) is 2. The largest absolute Gasteiger partial charge is 0.444 e. The number of carbonyl (C=O) groups excluding carboxylic acids is 2. The number of nitrogen functional groups attached to an aromatic ring is 1. The molecule has 0 aliphatic carbocycles. The van der Waals surface area contributed by atoms with Gasteiger partial charge in [0.15, 0.2) is 5.82 Å². The molecule has 6 heterocycles. The molecule has 0 spiro atoms. The zero-order valence-electron chi connectivity index (χ0n) is 44.1. The van der Waals surface area contributed by atoms with Gasteiger partial charge in [0.2, 0.25) is 17.7 Å². The smallest absolute Gasteiger partial charge is 0.410 e. The van der Waals surface area contributed by atoms with Crippen LogP contribution in [0.5, 0.6) is 0 Å². The minimum atomic E-state index is -0.628.